The number of carbonyl (C=O) groups is 8. The molecule has 2 aliphatic carbocycles. The molecule has 0 spiro atoms. The number of carbonyl (C=O) groups excluding carboxylic acids is 7. The van der Waals surface area contributed by atoms with Gasteiger partial charge in [-0.25, -0.2) is 23.2 Å². The van der Waals surface area contributed by atoms with Crippen molar-refractivity contribution in [2.45, 2.75) is 153 Å². The minimum atomic E-state index is -1.11. The second kappa shape index (κ2) is 29.1. The van der Waals surface area contributed by atoms with Crippen LogP contribution in [0.4, 0.5) is 18.4 Å². The SMILES string of the molecule is CC(C)(C)OC(=O)N[C@H](Cc1ccc(F)cc1)C(=O)N1CCN([C@@H](Cc2ccc3ccccc3c2)C(=O)O)C(=O)[C@@H]1CC1CC1.CN(C)C(=O)[C@H](Cc1ccc2ccccc2c1)N1CCN(C(=O)[C@@H](Cc2ccc(F)cc2)NC(=O)OC(C)(C)C)[C@@H](CC2CC2)C1=O. The standard InChI is InChI=1S/C37H45FN4O5.C35H40FN3O6/c1-37(2,3)47-36(46)39-30(21-24-13-16-29(38)17-14-24)33(43)41-18-19-42(35(45)32(41)22-25-10-11-25)31(34(44)40(4)5)23-26-12-15-27-8-6-7-9-28(27)20-26;1-35(2,3)45-34(44)37-28(19-22-11-14-27(36)15-12-22)31(40)38-16-17-39(32(41)29(38)20-23-8-9-23)30(33(42)43)21-24-10-13-25-6-4-5-7-26(25)18-24/h6-9,12-17,20,25,30-32H,10-11,18-19,21-23H2,1-5H3,(H,39,46);4-7,10-15,18,23,28-30H,8-9,16-17,19-21H2,1-3H3,(H,37,44)(H,42,43)/t30-,31+,32+;28-,29+,30+/m11/s1. The maximum absolute atomic E-state index is 14.4. The van der Waals surface area contributed by atoms with Crippen LogP contribution >= 0.6 is 0 Å². The number of ether oxygens (including phenoxy) is 2. The van der Waals surface area contributed by atoms with Gasteiger partial charge in [0, 0.05) is 66.0 Å². The first kappa shape index (κ1) is 67.5. The zero-order valence-electron chi connectivity index (χ0n) is 53.7. The van der Waals surface area contributed by atoms with Crippen molar-refractivity contribution >= 4 is 69.2 Å². The molecule has 7 amide bonds. The number of nitrogens with zero attached hydrogens (tertiary/aromatic N) is 5. The molecule has 4 fully saturated rings. The minimum absolute atomic E-state index is 0.0337. The van der Waals surface area contributed by atoms with Crippen LogP contribution in [-0.4, -0.2) is 165 Å². The van der Waals surface area contributed by atoms with Crippen molar-refractivity contribution in [2.75, 3.05) is 40.3 Å². The molecule has 10 rings (SSSR count). The predicted molar refractivity (Wildman–Crippen MR) is 345 cm³/mol. The lowest BCUT2D eigenvalue weighted by Gasteiger charge is -2.45. The Bertz CT molecular complexity index is 3660. The van der Waals surface area contributed by atoms with Crippen molar-refractivity contribution in [2.24, 2.45) is 11.8 Å². The smallest absolute Gasteiger partial charge is 0.408 e. The Morgan fingerprint density at radius 2 is 0.870 bits per heavy atom. The lowest BCUT2D eigenvalue weighted by atomic mass is 9.96. The normalized spacial score (nSPS) is 18.2. The first-order valence-corrected chi connectivity index (χ1v) is 31.8. The maximum Gasteiger partial charge on any atom is 0.408 e. The molecule has 20 heteroatoms. The number of aliphatic carboxylic acids is 1. The molecule has 6 atom stereocenters. The average Bonchev–Trinajstić information content (AvgIpc) is 0.941. The zero-order valence-corrected chi connectivity index (χ0v) is 53.7. The molecule has 2 saturated carbocycles. The molecular weight excluding hydrogens is 1180 g/mol. The number of carboxylic acids is 1. The van der Waals surface area contributed by atoms with Crippen LogP contribution in [0.15, 0.2) is 133 Å². The van der Waals surface area contributed by atoms with Gasteiger partial charge in [-0.1, -0.05) is 135 Å². The van der Waals surface area contributed by atoms with Gasteiger partial charge in [0.25, 0.3) is 0 Å². The lowest BCUT2D eigenvalue weighted by molar-refractivity contribution is -0.161. The number of likely N-dealkylation sites (N-methyl/N-ethyl adjacent to an activating group) is 1. The van der Waals surface area contributed by atoms with Crippen LogP contribution in [0.25, 0.3) is 21.5 Å². The molecule has 0 radical (unpaired) electrons. The second-order valence-electron chi connectivity index (χ2n) is 26.9. The molecule has 0 unspecified atom stereocenters. The van der Waals surface area contributed by atoms with Gasteiger partial charge in [0.2, 0.25) is 29.5 Å². The summed E-state index contributed by atoms with van der Waals surface area (Å²) in [5.41, 5.74) is 1.41. The van der Waals surface area contributed by atoms with Crippen molar-refractivity contribution in [3.05, 3.63) is 167 Å². The quantitative estimate of drug-likeness (QED) is 0.0654. The molecular formula is C72H85F2N7O11. The molecule has 2 saturated heterocycles. The predicted octanol–water partition coefficient (Wildman–Crippen LogP) is 9.90. The molecule has 6 aromatic rings. The summed E-state index contributed by atoms with van der Waals surface area (Å²) >= 11 is 0. The summed E-state index contributed by atoms with van der Waals surface area (Å²) in [5, 5.41) is 19.8. The van der Waals surface area contributed by atoms with E-state index in [0.717, 1.165) is 58.4 Å². The number of hydrogen-bond donors (Lipinski definition) is 3. The van der Waals surface area contributed by atoms with E-state index in [2.05, 4.69) is 16.7 Å². The molecule has 92 heavy (non-hydrogen) atoms. The number of alkyl carbamates (subject to hydrolysis) is 2. The van der Waals surface area contributed by atoms with Crippen molar-refractivity contribution in [1.82, 2.24) is 35.1 Å². The Labute approximate surface area is 536 Å². The Morgan fingerprint density at radius 1 is 0.511 bits per heavy atom. The number of nitrogens with one attached hydrogen (secondary N) is 2. The number of hydrogen-bond acceptors (Lipinski definition) is 10. The van der Waals surface area contributed by atoms with Crippen LogP contribution < -0.4 is 10.6 Å². The van der Waals surface area contributed by atoms with Crippen LogP contribution in [0.5, 0.6) is 0 Å². The first-order chi connectivity index (χ1) is 43.7. The Balaban J connectivity index is 0.000000218. The third kappa shape index (κ3) is 18.2. The Kier molecular flexibility index (Phi) is 21.4. The lowest BCUT2D eigenvalue weighted by Crippen LogP contribution is -2.65. The number of rotatable bonds is 20. The number of carboxylic acid groups (broad SMARTS) is 1. The maximum atomic E-state index is 14.4. The van der Waals surface area contributed by atoms with Gasteiger partial charge in [-0.3, -0.25) is 24.0 Å². The minimum Gasteiger partial charge on any atom is -0.480 e. The second-order valence-corrected chi connectivity index (χ2v) is 26.9. The third-order valence-corrected chi connectivity index (χ3v) is 17.1. The molecule has 0 aromatic heterocycles. The van der Waals surface area contributed by atoms with Crippen LogP contribution in [0.1, 0.15) is 102 Å². The Morgan fingerprint density at radius 3 is 1.23 bits per heavy atom. The number of piperazine rings is 2. The van der Waals surface area contributed by atoms with Gasteiger partial charge >= 0.3 is 18.2 Å². The summed E-state index contributed by atoms with van der Waals surface area (Å²) in [4.78, 5) is 116. The van der Waals surface area contributed by atoms with E-state index >= 15 is 0 Å². The highest BCUT2D eigenvalue weighted by Gasteiger charge is 2.48. The summed E-state index contributed by atoms with van der Waals surface area (Å²) in [6, 6.07) is 33.4. The number of benzene rings is 6. The van der Waals surface area contributed by atoms with Crippen LogP contribution in [-0.2, 0) is 63.9 Å². The van der Waals surface area contributed by atoms with E-state index in [0.29, 0.717) is 36.3 Å². The van der Waals surface area contributed by atoms with Gasteiger partial charge in [-0.2, -0.15) is 0 Å². The summed E-state index contributed by atoms with van der Waals surface area (Å²) in [7, 11) is 3.37. The fourth-order valence-corrected chi connectivity index (χ4v) is 12.1. The average molecular weight is 1260 g/mol. The highest BCUT2D eigenvalue weighted by atomic mass is 19.1. The molecule has 3 N–H and O–H groups in total. The van der Waals surface area contributed by atoms with Gasteiger partial charge in [0.1, 0.15) is 59.1 Å². The van der Waals surface area contributed by atoms with E-state index in [-0.39, 0.29) is 63.2 Å². The highest BCUT2D eigenvalue weighted by Crippen LogP contribution is 2.38. The van der Waals surface area contributed by atoms with E-state index in [1.165, 1.54) is 39.0 Å². The molecule has 0 bridgehead atoms. The zero-order chi connectivity index (χ0) is 66.2. The first-order valence-electron chi connectivity index (χ1n) is 31.8. The van der Waals surface area contributed by atoms with Crippen molar-refractivity contribution < 1.29 is 61.7 Å². The molecule has 18 nitrogen and oxygen atoms in total. The van der Waals surface area contributed by atoms with E-state index < -0.39 is 95.0 Å². The summed E-state index contributed by atoms with van der Waals surface area (Å²) in [5.74, 6) is -3.13. The number of amides is 7. The number of halogens is 2. The van der Waals surface area contributed by atoms with E-state index in [9.17, 15) is 52.2 Å². The van der Waals surface area contributed by atoms with Crippen molar-refractivity contribution in [3.8, 4) is 0 Å². The van der Waals surface area contributed by atoms with E-state index in [1.807, 2.05) is 78.9 Å². The van der Waals surface area contributed by atoms with E-state index in [4.69, 9.17) is 9.47 Å². The van der Waals surface area contributed by atoms with Gasteiger partial charge in [-0.15, -0.1) is 0 Å². The highest BCUT2D eigenvalue weighted by molar-refractivity contribution is 5.96. The van der Waals surface area contributed by atoms with Crippen LogP contribution in [0.3, 0.4) is 0 Å². The molecule has 2 aliphatic heterocycles. The summed E-state index contributed by atoms with van der Waals surface area (Å²) in [6.07, 6.45) is 3.77. The van der Waals surface area contributed by atoms with Crippen molar-refractivity contribution in [1.29, 1.82) is 0 Å². The Hall–Kier alpha value is -8.94. The van der Waals surface area contributed by atoms with Crippen LogP contribution in [0.2, 0.25) is 0 Å². The molecule has 488 valence electrons. The largest absolute Gasteiger partial charge is 0.480 e. The van der Waals surface area contributed by atoms with Crippen LogP contribution in [0, 0.1) is 23.5 Å². The van der Waals surface area contributed by atoms with Gasteiger partial charge in [0.15, 0.2) is 0 Å². The molecule has 6 aromatic carbocycles. The van der Waals surface area contributed by atoms with Gasteiger partial charge < -0.3 is 49.7 Å². The molecule has 4 aliphatic rings. The fraction of sp³-hybridized carbons (Fsp3) is 0.444. The summed E-state index contributed by atoms with van der Waals surface area (Å²) in [6.45, 7) is 10.8. The third-order valence-electron chi connectivity index (χ3n) is 17.1. The number of fused-ring (bicyclic) bond motifs is 2. The topological polar surface area (TPSA) is 216 Å². The summed E-state index contributed by atoms with van der Waals surface area (Å²) < 4.78 is 38.2. The van der Waals surface area contributed by atoms with Gasteiger partial charge in [-0.05, 0) is 134 Å². The van der Waals surface area contributed by atoms with Gasteiger partial charge in [0.05, 0.1) is 0 Å². The monoisotopic (exact) mass is 1260 g/mol. The molecule has 2 heterocycles. The van der Waals surface area contributed by atoms with E-state index in [1.54, 1.807) is 89.7 Å². The van der Waals surface area contributed by atoms with Crippen molar-refractivity contribution in [3.63, 3.8) is 0 Å². The fourth-order valence-electron chi connectivity index (χ4n) is 12.1.